The molecule has 3 aromatic heterocycles. The normalized spacial score (nSPS) is 17.2. The lowest BCUT2D eigenvalue weighted by atomic mass is 9.86. The first-order chi connectivity index (χ1) is 21.6. The van der Waals surface area contributed by atoms with E-state index in [0.29, 0.717) is 19.4 Å². The number of carbonyl (C=O) groups excluding carboxylic acids is 2. The van der Waals surface area contributed by atoms with Gasteiger partial charge in [0.05, 0.1) is 17.8 Å². The summed E-state index contributed by atoms with van der Waals surface area (Å²) in [6, 6.07) is 5.32. The number of nitrogens with one attached hydrogen (secondary N) is 1. The molecular formula is C34H39F3N6O3. The van der Waals surface area contributed by atoms with Crippen LogP contribution in [0.5, 0.6) is 0 Å². The second-order valence-electron chi connectivity index (χ2n) is 13.5. The van der Waals surface area contributed by atoms with Gasteiger partial charge in [0.2, 0.25) is 0 Å². The fourth-order valence-corrected chi connectivity index (χ4v) is 6.62. The van der Waals surface area contributed by atoms with Crippen molar-refractivity contribution < 1.29 is 27.5 Å². The quantitative estimate of drug-likeness (QED) is 0.249. The number of rotatable bonds is 4. The third-order valence-corrected chi connectivity index (χ3v) is 8.76. The van der Waals surface area contributed by atoms with E-state index >= 15 is 0 Å². The van der Waals surface area contributed by atoms with Crippen LogP contribution in [0, 0.1) is 6.92 Å². The van der Waals surface area contributed by atoms with Gasteiger partial charge in [-0.25, -0.2) is 9.78 Å². The summed E-state index contributed by atoms with van der Waals surface area (Å²) in [5, 5.41) is 4.94. The van der Waals surface area contributed by atoms with Gasteiger partial charge in [0.25, 0.3) is 5.91 Å². The predicted octanol–water partition coefficient (Wildman–Crippen LogP) is 7.61. The molecule has 0 spiro atoms. The Bertz CT molecular complexity index is 1820. The van der Waals surface area contributed by atoms with Gasteiger partial charge in [-0.2, -0.15) is 18.3 Å². The minimum atomic E-state index is -4.75. The minimum Gasteiger partial charge on any atom is -0.444 e. The molecule has 6 rings (SSSR count). The monoisotopic (exact) mass is 636 g/mol. The average molecular weight is 637 g/mol. The van der Waals surface area contributed by atoms with Crippen LogP contribution in [0.3, 0.4) is 0 Å². The Labute approximate surface area is 265 Å². The van der Waals surface area contributed by atoms with Gasteiger partial charge in [0.1, 0.15) is 11.2 Å². The van der Waals surface area contributed by atoms with Gasteiger partial charge < -0.3 is 19.5 Å². The van der Waals surface area contributed by atoms with Gasteiger partial charge in [-0.1, -0.05) is 6.07 Å². The van der Waals surface area contributed by atoms with E-state index in [4.69, 9.17) is 4.74 Å². The number of aryl methyl sites for hydroxylation is 1. The summed E-state index contributed by atoms with van der Waals surface area (Å²) in [6.45, 7) is 11.6. The summed E-state index contributed by atoms with van der Waals surface area (Å²) in [5.74, 6) is -0.715. The van der Waals surface area contributed by atoms with Crippen LogP contribution >= 0.6 is 0 Å². The molecule has 9 nitrogen and oxygen atoms in total. The summed E-state index contributed by atoms with van der Waals surface area (Å²) < 4.78 is 49.2. The minimum absolute atomic E-state index is 0.112. The molecule has 0 aliphatic carbocycles. The van der Waals surface area contributed by atoms with E-state index in [2.05, 4.69) is 27.2 Å². The molecule has 2 amide bonds. The van der Waals surface area contributed by atoms with Gasteiger partial charge in [-0.15, -0.1) is 0 Å². The maximum atomic E-state index is 14.2. The largest absolute Gasteiger partial charge is 0.444 e. The fraction of sp³-hybridized carbons (Fsp3) is 0.471. The lowest BCUT2D eigenvalue weighted by Gasteiger charge is -2.35. The SMILES string of the molecule is Cc1c[nH]c2ncc(-c3cc4c(c([C@@H]5CCCN5C(=O)OC(C)(C)C)c3)CN(C(=O)c3cnn(C(C)C)c3C(F)(F)F)CC4)cc12. The molecule has 1 atom stereocenters. The zero-order valence-electron chi connectivity index (χ0n) is 27.0. The number of alkyl halides is 3. The lowest BCUT2D eigenvalue weighted by molar-refractivity contribution is -0.145. The number of likely N-dealkylation sites (tertiary alicyclic amines) is 1. The van der Waals surface area contributed by atoms with Crippen LogP contribution in [0.2, 0.25) is 0 Å². The van der Waals surface area contributed by atoms with Crippen LogP contribution in [-0.4, -0.2) is 60.2 Å². The Morgan fingerprint density at radius 3 is 2.52 bits per heavy atom. The van der Waals surface area contributed by atoms with E-state index in [-0.39, 0.29) is 19.1 Å². The highest BCUT2D eigenvalue weighted by atomic mass is 19.4. The molecule has 46 heavy (non-hydrogen) atoms. The summed E-state index contributed by atoms with van der Waals surface area (Å²) >= 11 is 0. The van der Waals surface area contributed by atoms with Crippen molar-refractivity contribution in [1.29, 1.82) is 0 Å². The second-order valence-corrected chi connectivity index (χ2v) is 13.5. The van der Waals surface area contributed by atoms with Crippen molar-refractivity contribution >= 4 is 23.0 Å². The van der Waals surface area contributed by atoms with Crippen LogP contribution < -0.4 is 0 Å². The number of H-pyrrole nitrogens is 1. The first-order valence-corrected chi connectivity index (χ1v) is 15.7. The number of ether oxygens (including phenoxy) is 1. The molecule has 2 aliphatic rings. The molecular weight excluding hydrogens is 597 g/mol. The Balaban J connectivity index is 1.43. The van der Waals surface area contributed by atoms with Crippen molar-refractivity contribution in [1.82, 2.24) is 29.5 Å². The number of benzene rings is 1. The summed E-state index contributed by atoms with van der Waals surface area (Å²) in [6.07, 6.45) is 1.49. The van der Waals surface area contributed by atoms with Gasteiger partial charge >= 0.3 is 12.3 Å². The zero-order chi connectivity index (χ0) is 33.1. The molecule has 1 aromatic carbocycles. The van der Waals surface area contributed by atoms with Gasteiger partial charge in [0, 0.05) is 49.0 Å². The van der Waals surface area contributed by atoms with Crippen molar-refractivity contribution in [2.45, 2.75) is 91.2 Å². The third kappa shape index (κ3) is 5.85. The standard InChI is InChI=1S/C34H39F3N6O3/c1-19(2)43-29(34(35,36)37)26(17-40-43)31(44)41-11-9-21-12-22(23-14-24-20(3)15-38-30(24)39-16-23)13-25(27(21)18-41)28-8-7-10-42(28)32(45)46-33(4,5)6/h12-17,19,28H,7-11,18H2,1-6H3,(H,38,39)/t28-/m0/s1. The van der Waals surface area contributed by atoms with E-state index in [0.717, 1.165) is 61.7 Å². The lowest BCUT2D eigenvalue weighted by Crippen LogP contribution is -2.39. The van der Waals surface area contributed by atoms with E-state index < -0.39 is 41.1 Å². The number of nitrogens with zero attached hydrogens (tertiary/aromatic N) is 5. The Morgan fingerprint density at radius 1 is 1.07 bits per heavy atom. The zero-order valence-corrected chi connectivity index (χ0v) is 27.0. The number of amides is 2. The van der Waals surface area contributed by atoms with Crippen molar-refractivity contribution in [2.24, 2.45) is 0 Å². The van der Waals surface area contributed by atoms with E-state index in [1.54, 1.807) is 18.7 Å². The molecule has 1 fully saturated rings. The van der Waals surface area contributed by atoms with Crippen LogP contribution in [0.15, 0.2) is 36.8 Å². The maximum absolute atomic E-state index is 14.2. The number of hydrogen-bond acceptors (Lipinski definition) is 5. The number of aromatic amines is 1. The molecule has 1 saturated heterocycles. The van der Waals surface area contributed by atoms with Crippen LogP contribution in [0.4, 0.5) is 18.0 Å². The number of aromatic nitrogens is 4. The Hall–Kier alpha value is -4.35. The van der Waals surface area contributed by atoms with Crippen LogP contribution in [0.1, 0.15) is 97.8 Å². The first-order valence-electron chi connectivity index (χ1n) is 15.7. The summed E-state index contributed by atoms with van der Waals surface area (Å²) in [5.41, 5.74) is 4.24. The topological polar surface area (TPSA) is 96.3 Å². The Kier molecular flexibility index (Phi) is 7.88. The molecule has 12 heteroatoms. The summed E-state index contributed by atoms with van der Waals surface area (Å²) in [7, 11) is 0. The molecule has 244 valence electrons. The number of halogens is 3. The fourth-order valence-electron chi connectivity index (χ4n) is 6.62. The van der Waals surface area contributed by atoms with E-state index in [1.807, 2.05) is 46.2 Å². The number of pyridine rings is 1. The highest BCUT2D eigenvalue weighted by molar-refractivity contribution is 5.95. The molecule has 0 unspecified atom stereocenters. The van der Waals surface area contributed by atoms with Crippen molar-refractivity contribution in [3.63, 3.8) is 0 Å². The van der Waals surface area contributed by atoms with Crippen molar-refractivity contribution in [3.05, 3.63) is 70.3 Å². The number of hydrogen-bond donors (Lipinski definition) is 1. The number of carbonyl (C=O) groups is 2. The van der Waals surface area contributed by atoms with Crippen molar-refractivity contribution in [2.75, 3.05) is 13.1 Å². The molecule has 2 aliphatic heterocycles. The first kappa shape index (κ1) is 31.6. The highest BCUT2D eigenvalue weighted by Gasteiger charge is 2.42. The Morgan fingerprint density at radius 2 is 1.83 bits per heavy atom. The molecule has 1 N–H and O–H groups in total. The molecule has 5 heterocycles. The maximum Gasteiger partial charge on any atom is 0.433 e. The van der Waals surface area contributed by atoms with E-state index in [1.165, 1.54) is 4.90 Å². The van der Waals surface area contributed by atoms with E-state index in [9.17, 15) is 22.8 Å². The summed E-state index contributed by atoms with van der Waals surface area (Å²) in [4.78, 5) is 38.1. The van der Waals surface area contributed by atoms with Gasteiger partial charge in [-0.3, -0.25) is 9.48 Å². The third-order valence-electron chi connectivity index (χ3n) is 8.76. The average Bonchev–Trinajstić information content (AvgIpc) is 3.73. The predicted molar refractivity (Wildman–Crippen MR) is 167 cm³/mol. The molecule has 0 saturated carbocycles. The van der Waals surface area contributed by atoms with Gasteiger partial charge in [0.15, 0.2) is 5.69 Å². The number of fused-ring (bicyclic) bond motifs is 2. The molecule has 0 radical (unpaired) electrons. The highest BCUT2D eigenvalue weighted by Crippen LogP contribution is 2.41. The molecule has 4 aromatic rings. The molecule has 0 bridgehead atoms. The second kappa shape index (κ2) is 11.5. The van der Waals surface area contributed by atoms with Crippen LogP contribution in [-0.2, 0) is 23.9 Å². The van der Waals surface area contributed by atoms with Crippen LogP contribution in [0.25, 0.3) is 22.2 Å². The van der Waals surface area contributed by atoms with Crippen molar-refractivity contribution in [3.8, 4) is 11.1 Å². The van der Waals surface area contributed by atoms with Gasteiger partial charge in [-0.05, 0) is 101 Å². The smallest absolute Gasteiger partial charge is 0.433 e.